The maximum atomic E-state index is 10.9. The summed E-state index contributed by atoms with van der Waals surface area (Å²) in [5.74, 6) is -0.386. The Morgan fingerprint density at radius 1 is 1.43 bits per heavy atom. The van der Waals surface area contributed by atoms with Crippen molar-refractivity contribution in [3.63, 3.8) is 0 Å². The quantitative estimate of drug-likeness (QED) is 0.538. The summed E-state index contributed by atoms with van der Waals surface area (Å²) in [7, 11) is 0. The highest BCUT2D eigenvalue weighted by molar-refractivity contribution is 6.23. The SMILES string of the molecule is CCOC(=O)C=NCc1ccccc1. The number of nitrogens with zero attached hydrogens (tertiary/aromatic N) is 1. The van der Waals surface area contributed by atoms with E-state index < -0.39 is 0 Å². The van der Waals surface area contributed by atoms with E-state index in [0.29, 0.717) is 13.2 Å². The fraction of sp³-hybridized carbons (Fsp3) is 0.273. The molecule has 0 aliphatic rings. The molecule has 14 heavy (non-hydrogen) atoms. The molecular formula is C11H13NO2. The van der Waals surface area contributed by atoms with Crippen molar-refractivity contribution in [2.75, 3.05) is 6.61 Å². The van der Waals surface area contributed by atoms with Gasteiger partial charge in [0, 0.05) is 0 Å². The molecule has 0 spiro atoms. The molecule has 74 valence electrons. The summed E-state index contributed by atoms with van der Waals surface area (Å²) in [4.78, 5) is 14.8. The van der Waals surface area contributed by atoms with Gasteiger partial charge in [-0.15, -0.1) is 0 Å². The highest BCUT2D eigenvalue weighted by Crippen LogP contribution is 1.99. The van der Waals surface area contributed by atoms with Crippen molar-refractivity contribution in [3.05, 3.63) is 35.9 Å². The summed E-state index contributed by atoms with van der Waals surface area (Å²) in [6.07, 6.45) is 1.22. The predicted octanol–water partition coefficient (Wildman–Crippen LogP) is 1.82. The van der Waals surface area contributed by atoms with Gasteiger partial charge in [0.1, 0.15) is 6.21 Å². The third-order valence-electron chi connectivity index (χ3n) is 1.60. The van der Waals surface area contributed by atoms with E-state index in [1.165, 1.54) is 6.21 Å². The number of carbonyl (C=O) groups is 1. The average molecular weight is 191 g/mol. The van der Waals surface area contributed by atoms with E-state index in [-0.39, 0.29) is 5.97 Å². The van der Waals surface area contributed by atoms with Crippen LogP contribution in [0.5, 0.6) is 0 Å². The number of esters is 1. The molecule has 1 aromatic rings. The van der Waals surface area contributed by atoms with E-state index in [0.717, 1.165) is 5.56 Å². The molecule has 0 heterocycles. The lowest BCUT2D eigenvalue weighted by atomic mass is 10.2. The van der Waals surface area contributed by atoms with E-state index in [1.54, 1.807) is 6.92 Å². The zero-order chi connectivity index (χ0) is 10.2. The van der Waals surface area contributed by atoms with Crippen molar-refractivity contribution in [2.24, 2.45) is 4.99 Å². The number of rotatable bonds is 4. The van der Waals surface area contributed by atoms with Crippen molar-refractivity contribution in [2.45, 2.75) is 13.5 Å². The van der Waals surface area contributed by atoms with Gasteiger partial charge in [0.25, 0.3) is 0 Å². The number of benzene rings is 1. The molecular weight excluding hydrogens is 178 g/mol. The first-order valence-corrected chi connectivity index (χ1v) is 4.53. The van der Waals surface area contributed by atoms with Crippen LogP contribution in [0.1, 0.15) is 12.5 Å². The van der Waals surface area contributed by atoms with Crippen LogP contribution >= 0.6 is 0 Å². The summed E-state index contributed by atoms with van der Waals surface area (Å²) in [6, 6.07) is 9.74. The maximum absolute atomic E-state index is 10.9. The molecule has 0 saturated heterocycles. The first kappa shape index (κ1) is 10.4. The molecule has 1 rings (SSSR count). The normalized spacial score (nSPS) is 10.4. The van der Waals surface area contributed by atoms with Gasteiger partial charge in [0.2, 0.25) is 0 Å². The standard InChI is InChI=1S/C11H13NO2/c1-2-14-11(13)9-12-8-10-6-4-3-5-7-10/h3-7,9H,2,8H2,1H3. The second-order valence-electron chi connectivity index (χ2n) is 2.71. The predicted molar refractivity (Wildman–Crippen MR) is 55.3 cm³/mol. The molecule has 3 heteroatoms. The summed E-state index contributed by atoms with van der Waals surface area (Å²) in [5, 5.41) is 0. The Morgan fingerprint density at radius 3 is 2.79 bits per heavy atom. The van der Waals surface area contributed by atoms with Crippen molar-refractivity contribution in [3.8, 4) is 0 Å². The Morgan fingerprint density at radius 2 is 2.14 bits per heavy atom. The van der Waals surface area contributed by atoms with E-state index in [2.05, 4.69) is 4.99 Å². The highest BCUT2D eigenvalue weighted by atomic mass is 16.5. The molecule has 0 unspecified atom stereocenters. The van der Waals surface area contributed by atoms with Crippen LogP contribution in [0, 0.1) is 0 Å². The molecule has 0 saturated carbocycles. The zero-order valence-electron chi connectivity index (χ0n) is 8.14. The van der Waals surface area contributed by atoms with E-state index in [4.69, 9.17) is 4.74 Å². The number of aliphatic imine (C=N–C) groups is 1. The van der Waals surface area contributed by atoms with Crippen LogP contribution in [-0.4, -0.2) is 18.8 Å². The summed E-state index contributed by atoms with van der Waals surface area (Å²) in [5.41, 5.74) is 1.08. The van der Waals surface area contributed by atoms with Crippen LogP contribution < -0.4 is 0 Å². The lowest BCUT2D eigenvalue weighted by Gasteiger charge is -1.95. The number of hydrogen-bond donors (Lipinski definition) is 0. The fourth-order valence-corrected chi connectivity index (χ4v) is 0.989. The minimum absolute atomic E-state index is 0.385. The maximum Gasteiger partial charge on any atom is 0.348 e. The number of ether oxygens (including phenoxy) is 1. The summed E-state index contributed by atoms with van der Waals surface area (Å²) < 4.78 is 4.69. The second-order valence-corrected chi connectivity index (χ2v) is 2.71. The Bertz CT molecular complexity index is 306. The largest absolute Gasteiger partial charge is 0.462 e. The van der Waals surface area contributed by atoms with Crippen LogP contribution in [0.15, 0.2) is 35.3 Å². The molecule has 0 bridgehead atoms. The lowest BCUT2D eigenvalue weighted by Crippen LogP contribution is -2.04. The summed E-state index contributed by atoms with van der Waals surface area (Å²) in [6.45, 7) is 2.67. The molecule has 1 aromatic carbocycles. The van der Waals surface area contributed by atoms with Crippen LogP contribution in [-0.2, 0) is 16.1 Å². The van der Waals surface area contributed by atoms with E-state index in [1.807, 2.05) is 30.3 Å². The van der Waals surface area contributed by atoms with Gasteiger partial charge in [-0.05, 0) is 12.5 Å². The van der Waals surface area contributed by atoms with Gasteiger partial charge in [-0.3, -0.25) is 4.99 Å². The number of hydrogen-bond acceptors (Lipinski definition) is 3. The molecule has 0 atom stereocenters. The van der Waals surface area contributed by atoms with Gasteiger partial charge in [0.15, 0.2) is 0 Å². The van der Waals surface area contributed by atoms with Crippen LogP contribution in [0.25, 0.3) is 0 Å². The third kappa shape index (κ3) is 3.85. The topological polar surface area (TPSA) is 38.7 Å². The fourth-order valence-electron chi connectivity index (χ4n) is 0.989. The summed E-state index contributed by atoms with van der Waals surface area (Å²) >= 11 is 0. The zero-order valence-corrected chi connectivity index (χ0v) is 8.14. The van der Waals surface area contributed by atoms with Gasteiger partial charge in [0.05, 0.1) is 13.2 Å². The van der Waals surface area contributed by atoms with Crippen molar-refractivity contribution in [1.29, 1.82) is 0 Å². The minimum atomic E-state index is -0.386. The molecule has 0 radical (unpaired) electrons. The van der Waals surface area contributed by atoms with Crippen LogP contribution in [0.2, 0.25) is 0 Å². The van der Waals surface area contributed by atoms with Gasteiger partial charge >= 0.3 is 5.97 Å². The molecule has 0 fully saturated rings. The van der Waals surface area contributed by atoms with Crippen molar-refractivity contribution >= 4 is 12.2 Å². The van der Waals surface area contributed by atoms with Gasteiger partial charge in [-0.2, -0.15) is 0 Å². The van der Waals surface area contributed by atoms with Gasteiger partial charge in [-0.1, -0.05) is 30.3 Å². The third-order valence-corrected chi connectivity index (χ3v) is 1.60. The van der Waals surface area contributed by atoms with Crippen LogP contribution in [0.4, 0.5) is 0 Å². The minimum Gasteiger partial charge on any atom is -0.462 e. The van der Waals surface area contributed by atoms with Gasteiger partial charge < -0.3 is 4.74 Å². The first-order valence-electron chi connectivity index (χ1n) is 4.53. The Hall–Kier alpha value is -1.64. The first-order chi connectivity index (χ1) is 6.83. The van der Waals surface area contributed by atoms with Crippen molar-refractivity contribution in [1.82, 2.24) is 0 Å². The molecule has 0 aromatic heterocycles. The molecule has 0 amide bonds. The highest BCUT2D eigenvalue weighted by Gasteiger charge is 1.93. The van der Waals surface area contributed by atoms with E-state index in [9.17, 15) is 4.79 Å². The Labute approximate surface area is 83.4 Å². The molecule has 0 aliphatic carbocycles. The molecule has 0 N–H and O–H groups in total. The Kier molecular flexibility index (Phi) is 4.41. The average Bonchev–Trinajstić information content (AvgIpc) is 2.20. The van der Waals surface area contributed by atoms with Gasteiger partial charge in [-0.25, -0.2) is 4.79 Å². The number of carbonyl (C=O) groups excluding carboxylic acids is 1. The monoisotopic (exact) mass is 191 g/mol. The lowest BCUT2D eigenvalue weighted by molar-refractivity contribution is -0.134. The Balaban J connectivity index is 2.37. The smallest absolute Gasteiger partial charge is 0.348 e. The van der Waals surface area contributed by atoms with Crippen molar-refractivity contribution < 1.29 is 9.53 Å². The van der Waals surface area contributed by atoms with E-state index >= 15 is 0 Å². The second kappa shape index (κ2) is 5.91. The molecule has 0 aliphatic heterocycles. The molecule has 3 nitrogen and oxygen atoms in total. The van der Waals surface area contributed by atoms with Crippen LogP contribution in [0.3, 0.4) is 0 Å².